The van der Waals surface area contributed by atoms with Crippen molar-refractivity contribution in [3.63, 3.8) is 0 Å². The van der Waals surface area contributed by atoms with Crippen molar-refractivity contribution >= 4 is 11.9 Å². The van der Waals surface area contributed by atoms with Gasteiger partial charge in [0, 0.05) is 6.07 Å². The second-order valence-corrected chi connectivity index (χ2v) is 3.01. The van der Waals surface area contributed by atoms with Crippen LogP contribution in [-0.4, -0.2) is 12.8 Å². The normalized spacial score (nSPS) is 10.5. The van der Waals surface area contributed by atoms with Crippen LogP contribution in [0, 0.1) is 0 Å². The minimum Gasteiger partial charge on any atom is -0.483 e. The highest BCUT2D eigenvalue weighted by atomic mass is 16.5. The summed E-state index contributed by atoms with van der Waals surface area (Å²) >= 11 is 0. The number of quaternary nitrogens is 1. The zero-order valence-corrected chi connectivity index (χ0v) is 9.02. The number of ether oxygens (including phenoxy) is 1. The van der Waals surface area contributed by atoms with Crippen molar-refractivity contribution in [2.75, 3.05) is 6.61 Å². The van der Waals surface area contributed by atoms with Gasteiger partial charge in [-0.3, -0.25) is 0 Å². The van der Waals surface area contributed by atoms with E-state index in [9.17, 15) is 0 Å². The molecular weight excluding hydrogens is 188 g/mol. The van der Waals surface area contributed by atoms with Crippen molar-refractivity contribution in [2.24, 2.45) is 5.10 Å². The van der Waals surface area contributed by atoms with E-state index in [0.29, 0.717) is 6.61 Å². The molecule has 0 bridgehead atoms. The van der Waals surface area contributed by atoms with Crippen LogP contribution >= 0.6 is 0 Å². The number of hydrogen-bond acceptors (Lipinski definition) is 2. The van der Waals surface area contributed by atoms with Crippen LogP contribution in [0.3, 0.4) is 0 Å². The molecule has 3 heteroatoms. The fourth-order valence-electron chi connectivity index (χ4n) is 1.11. The van der Waals surface area contributed by atoms with Gasteiger partial charge >= 0.3 is 0 Å². The first-order chi connectivity index (χ1) is 7.38. The molecule has 0 aliphatic heterocycles. The van der Waals surface area contributed by atoms with E-state index in [-0.39, 0.29) is 0 Å². The average molecular weight is 205 g/mol. The topological polar surface area (TPSA) is 38.2 Å². The molecule has 0 saturated carbocycles. The molecule has 0 saturated heterocycles. The Morgan fingerprint density at radius 2 is 2.27 bits per heavy atom. The van der Waals surface area contributed by atoms with E-state index in [0.717, 1.165) is 17.9 Å². The van der Waals surface area contributed by atoms with Crippen LogP contribution in [0.25, 0.3) is 0 Å². The highest BCUT2D eigenvalue weighted by molar-refractivity contribution is 5.55. The van der Waals surface area contributed by atoms with Crippen LogP contribution in [0.4, 0.5) is 5.69 Å². The SMILES string of the molecule is C=CCOc1ccccc1[NH2+]/N=C\CC. The molecule has 0 aliphatic rings. The molecule has 0 aliphatic carbocycles. The summed E-state index contributed by atoms with van der Waals surface area (Å²) in [5.74, 6) is 0.839. The number of benzene rings is 1. The number of para-hydroxylation sites is 1. The van der Waals surface area contributed by atoms with E-state index < -0.39 is 0 Å². The van der Waals surface area contributed by atoms with Crippen LogP contribution < -0.4 is 10.2 Å². The predicted molar refractivity (Wildman–Crippen MR) is 62.5 cm³/mol. The summed E-state index contributed by atoms with van der Waals surface area (Å²) in [6.45, 7) is 6.19. The van der Waals surface area contributed by atoms with E-state index in [2.05, 4.69) is 18.6 Å². The molecule has 3 nitrogen and oxygen atoms in total. The molecule has 15 heavy (non-hydrogen) atoms. The largest absolute Gasteiger partial charge is 0.483 e. The molecular formula is C12H17N2O+. The van der Waals surface area contributed by atoms with Gasteiger partial charge in [-0.05, 0) is 12.5 Å². The molecule has 0 atom stereocenters. The van der Waals surface area contributed by atoms with E-state index in [4.69, 9.17) is 4.74 Å². The van der Waals surface area contributed by atoms with E-state index in [1.54, 1.807) is 6.08 Å². The first kappa shape index (κ1) is 11.5. The molecule has 80 valence electrons. The van der Waals surface area contributed by atoms with E-state index in [1.807, 2.05) is 35.9 Å². The summed E-state index contributed by atoms with van der Waals surface area (Å²) in [6, 6.07) is 7.82. The smallest absolute Gasteiger partial charge is 0.198 e. The third-order valence-corrected chi connectivity index (χ3v) is 1.78. The quantitative estimate of drug-likeness (QED) is 0.248. The molecule has 0 radical (unpaired) electrons. The van der Waals surface area contributed by atoms with Crippen LogP contribution in [-0.2, 0) is 0 Å². The van der Waals surface area contributed by atoms with Crippen LogP contribution in [0.2, 0.25) is 0 Å². The molecule has 0 aromatic heterocycles. The van der Waals surface area contributed by atoms with Gasteiger partial charge in [-0.2, -0.15) is 5.43 Å². The molecule has 0 unspecified atom stereocenters. The van der Waals surface area contributed by atoms with Crippen molar-refractivity contribution in [2.45, 2.75) is 13.3 Å². The van der Waals surface area contributed by atoms with Crippen LogP contribution in [0.15, 0.2) is 42.0 Å². The summed E-state index contributed by atoms with van der Waals surface area (Å²) in [7, 11) is 0. The minimum atomic E-state index is 0.516. The first-order valence-electron chi connectivity index (χ1n) is 5.06. The van der Waals surface area contributed by atoms with Crippen molar-refractivity contribution in [1.82, 2.24) is 0 Å². The van der Waals surface area contributed by atoms with Crippen molar-refractivity contribution in [3.8, 4) is 5.75 Å². The summed E-state index contributed by atoms with van der Waals surface area (Å²) in [6.07, 6.45) is 4.53. The van der Waals surface area contributed by atoms with Gasteiger partial charge in [0.1, 0.15) is 6.61 Å². The number of rotatable bonds is 6. The molecule has 0 amide bonds. The third-order valence-electron chi connectivity index (χ3n) is 1.78. The van der Waals surface area contributed by atoms with Crippen LogP contribution in [0.5, 0.6) is 5.75 Å². The second kappa shape index (κ2) is 6.79. The maximum Gasteiger partial charge on any atom is 0.198 e. The zero-order valence-electron chi connectivity index (χ0n) is 9.02. The second-order valence-electron chi connectivity index (χ2n) is 3.01. The molecule has 2 N–H and O–H groups in total. The fourth-order valence-corrected chi connectivity index (χ4v) is 1.11. The average Bonchev–Trinajstić information content (AvgIpc) is 2.28. The molecule has 0 fully saturated rings. The zero-order chi connectivity index (χ0) is 10.9. The summed E-state index contributed by atoms with van der Waals surface area (Å²) in [5.41, 5.74) is 2.80. The Morgan fingerprint density at radius 3 is 3.00 bits per heavy atom. The summed E-state index contributed by atoms with van der Waals surface area (Å²) < 4.78 is 5.49. The van der Waals surface area contributed by atoms with Crippen molar-refractivity contribution in [3.05, 3.63) is 36.9 Å². The van der Waals surface area contributed by atoms with Gasteiger partial charge in [0.05, 0.1) is 6.21 Å². The van der Waals surface area contributed by atoms with Gasteiger partial charge < -0.3 is 4.74 Å². The Labute approximate surface area is 90.5 Å². The molecule has 0 spiro atoms. The lowest BCUT2D eigenvalue weighted by Crippen LogP contribution is -2.71. The van der Waals surface area contributed by atoms with Gasteiger partial charge in [0.15, 0.2) is 11.4 Å². The number of nitrogens with zero attached hydrogens (tertiary/aromatic N) is 1. The number of hydrogen-bond donors (Lipinski definition) is 1. The van der Waals surface area contributed by atoms with Crippen molar-refractivity contribution < 1.29 is 10.2 Å². The number of nitrogens with two attached hydrogens (primary N) is 1. The Morgan fingerprint density at radius 1 is 1.47 bits per heavy atom. The highest BCUT2D eigenvalue weighted by Gasteiger charge is 2.04. The van der Waals surface area contributed by atoms with Gasteiger partial charge in [0.25, 0.3) is 0 Å². The maximum atomic E-state index is 5.49. The highest BCUT2D eigenvalue weighted by Crippen LogP contribution is 2.18. The molecule has 1 rings (SSSR count). The first-order valence-corrected chi connectivity index (χ1v) is 5.06. The lowest BCUT2D eigenvalue weighted by Gasteiger charge is -2.04. The van der Waals surface area contributed by atoms with Crippen molar-refractivity contribution in [1.29, 1.82) is 0 Å². The third kappa shape index (κ3) is 3.95. The minimum absolute atomic E-state index is 0.516. The van der Waals surface area contributed by atoms with Gasteiger partial charge in [-0.15, -0.1) is 0 Å². The van der Waals surface area contributed by atoms with Gasteiger partial charge in [0.2, 0.25) is 0 Å². The Balaban J connectivity index is 2.67. The summed E-state index contributed by atoms with van der Waals surface area (Å²) in [5, 5.41) is 4.17. The van der Waals surface area contributed by atoms with Gasteiger partial charge in [-0.1, -0.05) is 36.8 Å². The Kier molecular flexibility index (Phi) is 5.19. The molecule has 1 aromatic carbocycles. The Bertz CT molecular complexity index is 334. The predicted octanol–water partition coefficient (Wildman–Crippen LogP) is 1.84. The monoisotopic (exact) mass is 205 g/mol. The van der Waals surface area contributed by atoms with E-state index >= 15 is 0 Å². The van der Waals surface area contributed by atoms with Crippen LogP contribution in [0.1, 0.15) is 13.3 Å². The van der Waals surface area contributed by atoms with E-state index in [1.165, 1.54) is 0 Å². The fraction of sp³-hybridized carbons (Fsp3) is 0.250. The van der Waals surface area contributed by atoms with Gasteiger partial charge in [-0.25, -0.2) is 0 Å². The Hall–Kier alpha value is -1.61. The lowest BCUT2D eigenvalue weighted by molar-refractivity contribution is -0.577. The summed E-state index contributed by atoms with van der Waals surface area (Å²) in [4.78, 5) is 0. The maximum absolute atomic E-state index is 5.49. The molecule has 0 heterocycles. The lowest BCUT2D eigenvalue weighted by atomic mass is 10.3. The molecule has 1 aromatic rings. The standard InChI is InChI=1S/C12H16N2O/c1-3-9-13-14-11-7-5-6-8-12(11)15-10-4-2/h4-9,14H,2-3,10H2,1H3/p+1/b13-9-.